The topological polar surface area (TPSA) is 32.3 Å². The van der Waals surface area contributed by atoms with Gasteiger partial charge in [-0.15, -0.1) is 0 Å². The number of likely N-dealkylation sites (N-methyl/N-ethyl adjacent to an activating group) is 1. The van der Waals surface area contributed by atoms with Crippen molar-refractivity contribution in [3.63, 3.8) is 0 Å². The Morgan fingerprint density at radius 1 is 1.41 bits per heavy atom. The van der Waals surface area contributed by atoms with Crippen molar-refractivity contribution in [1.82, 2.24) is 4.90 Å². The molecular formula is C14H20N2O. The summed E-state index contributed by atoms with van der Waals surface area (Å²) in [4.78, 5) is 13.3. The molecule has 1 saturated heterocycles. The summed E-state index contributed by atoms with van der Waals surface area (Å²) in [5.74, 6) is -0.0201. The second-order valence-corrected chi connectivity index (χ2v) is 4.86. The standard InChI is InChI=1S/C14H20N2O/c1-11(17)15-13-7-5-12(6-8-13)10-14-4-3-9-16(14)2/h5-8,14H,3-4,9-10H2,1-2H3,(H,15,17). The van der Waals surface area contributed by atoms with E-state index < -0.39 is 0 Å². The molecule has 0 aromatic heterocycles. The SMILES string of the molecule is CC(=O)Nc1ccc(CC2CCCN2C)cc1. The van der Waals surface area contributed by atoms with E-state index in [1.807, 2.05) is 12.1 Å². The molecule has 0 saturated carbocycles. The summed E-state index contributed by atoms with van der Waals surface area (Å²) < 4.78 is 0. The Bertz CT molecular complexity index is 386. The van der Waals surface area contributed by atoms with Gasteiger partial charge in [-0.3, -0.25) is 4.79 Å². The van der Waals surface area contributed by atoms with E-state index in [4.69, 9.17) is 0 Å². The first-order valence-electron chi connectivity index (χ1n) is 6.22. The lowest BCUT2D eigenvalue weighted by Gasteiger charge is -2.19. The number of hydrogen-bond acceptors (Lipinski definition) is 2. The van der Waals surface area contributed by atoms with Crippen LogP contribution in [-0.4, -0.2) is 30.4 Å². The van der Waals surface area contributed by atoms with Crippen LogP contribution in [-0.2, 0) is 11.2 Å². The molecule has 1 aromatic carbocycles. The Morgan fingerprint density at radius 2 is 2.12 bits per heavy atom. The molecule has 1 aromatic rings. The number of hydrogen-bond donors (Lipinski definition) is 1. The molecule has 1 N–H and O–H groups in total. The molecule has 1 heterocycles. The Balaban J connectivity index is 1.95. The van der Waals surface area contributed by atoms with E-state index in [0.29, 0.717) is 6.04 Å². The van der Waals surface area contributed by atoms with Crippen LogP contribution in [0.5, 0.6) is 0 Å². The van der Waals surface area contributed by atoms with Gasteiger partial charge in [0.05, 0.1) is 0 Å². The van der Waals surface area contributed by atoms with E-state index in [9.17, 15) is 4.79 Å². The molecule has 1 fully saturated rings. The van der Waals surface area contributed by atoms with Crippen molar-refractivity contribution in [3.05, 3.63) is 29.8 Å². The fourth-order valence-corrected chi connectivity index (χ4v) is 2.44. The predicted molar refractivity (Wildman–Crippen MR) is 70.1 cm³/mol. The van der Waals surface area contributed by atoms with E-state index >= 15 is 0 Å². The molecule has 3 nitrogen and oxygen atoms in total. The first-order chi connectivity index (χ1) is 8.15. The number of carbonyl (C=O) groups is 1. The minimum absolute atomic E-state index is 0.0201. The van der Waals surface area contributed by atoms with E-state index in [1.165, 1.54) is 31.9 Å². The smallest absolute Gasteiger partial charge is 0.221 e. The Labute approximate surface area is 103 Å². The fourth-order valence-electron chi connectivity index (χ4n) is 2.44. The highest BCUT2D eigenvalue weighted by Gasteiger charge is 2.20. The van der Waals surface area contributed by atoms with Crippen molar-refractivity contribution in [1.29, 1.82) is 0 Å². The lowest BCUT2D eigenvalue weighted by atomic mass is 10.0. The van der Waals surface area contributed by atoms with Crippen molar-refractivity contribution in [3.8, 4) is 0 Å². The summed E-state index contributed by atoms with van der Waals surface area (Å²) in [6.45, 7) is 2.75. The second kappa shape index (κ2) is 5.32. The van der Waals surface area contributed by atoms with Crippen LogP contribution in [0.3, 0.4) is 0 Å². The van der Waals surface area contributed by atoms with Gasteiger partial charge in [-0.25, -0.2) is 0 Å². The van der Waals surface area contributed by atoms with Crippen LogP contribution in [0.2, 0.25) is 0 Å². The highest BCUT2D eigenvalue weighted by molar-refractivity contribution is 5.88. The Morgan fingerprint density at radius 3 is 2.65 bits per heavy atom. The molecule has 1 atom stereocenters. The van der Waals surface area contributed by atoms with Crippen LogP contribution in [0.1, 0.15) is 25.3 Å². The molecule has 0 bridgehead atoms. The van der Waals surface area contributed by atoms with Gasteiger partial charge in [0.2, 0.25) is 5.91 Å². The van der Waals surface area contributed by atoms with Gasteiger partial charge >= 0.3 is 0 Å². The van der Waals surface area contributed by atoms with Crippen LogP contribution in [0.25, 0.3) is 0 Å². The number of nitrogens with one attached hydrogen (secondary N) is 1. The normalized spacial score (nSPS) is 20.5. The number of nitrogens with zero attached hydrogens (tertiary/aromatic N) is 1. The van der Waals surface area contributed by atoms with E-state index in [1.54, 1.807) is 0 Å². The number of rotatable bonds is 3. The number of benzene rings is 1. The van der Waals surface area contributed by atoms with Crippen molar-refractivity contribution in [2.24, 2.45) is 0 Å². The molecule has 1 amide bonds. The van der Waals surface area contributed by atoms with E-state index in [0.717, 1.165) is 12.1 Å². The third-order valence-corrected chi connectivity index (χ3v) is 3.42. The van der Waals surface area contributed by atoms with E-state index in [2.05, 4.69) is 29.4 Å². The maximum Gasteiger partial charge on any atom is 0.221 e. The quantitative estimate of drug-likeness (QED) is 0.867. The molecule has 0 radical (unpaired) electrons. The van der Waals surface area contributed by atoms with E-state index in [-0.39, 0.29) is 5.91 Å². The molecule has 1 unspecified atom stereocenters. The van der Waals surface area contributed by atoms with Gasteiger partial charge < -0.3 is 10.2 Å². The highest BCUT2D eigenvalue weighted by atomic mass is 16.1. The number of carbonyl (C=O) groups excluding carboxylic acids is 1. The highest BCUT2D eigenvalue weighted by Crippen LogP contribution is 2.20. The van der Waals surface area contributed by atoms with Crippen LogP contribution in [0.4, 0.5) is 5.69 Å². The Hall–Kier alpha value is -1.35. The molecule has 1 aliphatic heterocycles. The average molecular weight is 232 g/mol. The van der Waals surface area contributed by atoms with Gasteiger partial charge in [0.1, 0.15) is 0 Å². The van der Waals surface area contributed by atoms with Crippen molar-refractivity contribution >= 4 is 11.6 Å². The maximum atomic E-state index is 10.9. The predicted octanol–water partition coefficient (Wildman–Crippen LogP) is 2.28. The van der Waals surface area contributed by atoms with Crippen LogP contribution >= 0.6 is 0 Å². The van der Waals surface area contributed by atoms with Crippen molar-refractivity contribution in [2.75, 3.05) is 18.9 Å². The molecular weight excluding hydrogens is 212 g/mol. The first-order valence-corrected chi connectivity index (χ1v) is 6.22. The maximum absolute atomic E-state index is 10.9. The molecule has 1 aliphatic rings. The molecule has 2 rings (SSSR count). The van der Waals surface area contributed by atoms with Gasteiger partial charge in [-0.1, -0.05) is 12.1 Å². The molecule has 92 valence electrons. The lowest BCUT2D eigenvalue weighted by Crippen LogP contribution is -2.26. The fraction of sp³-hybridized carbons (Fsp3) is 0.500. The first kappa shape index (κ1) is 12.1. The molecule has 3 heteroatoms. The van der Waals surface area contributed by atoms with Gasteiger partial charge in [0.15, 0.2) is 0 Å². The third kappa shape index (κ3) is 3.30. The summed E-state index contributed by atoms with van der Waals surface area (Å²) in [7, 11) is 2.20. The molecule has 17 heavy (non-hydrogen) atoms. The minimum atomic E-state index is -0.0201. The summed E-state index contributed by atoms with van der Waals surface area (Å²) in [5.41, 5.74) is 2.22. The lowest BCUT2D eigenvalue weighted by molar-refractivity contribution is -0.114. The number of likely N-dealkylation sites (tertiary alicyclic amines) is 1. The molecule has 0 aliphatic carbocycles. The Kier molecular flexibility index (Phi) is 3.79. The van der Waals surface area contributed by atoms with Gasteiger partial charge in [0.25, 0.3) is 0 Å². The van der Waals surface area contributed by atoms with Gasteiger partial charge in [0, 0.05) is 18.7 Å². The van der Waals surface area contributed by atoms with Crippen LogP contribution < -0.4 is 5.32 Å². The zero-order chi connectivity index (χ0) is 12.3. The van der Waals surface area contributed by atoms with Gasteiger partial charge in [-0.05, 0) is 50.6 Å². The van der Waals surface area contributed by atoms with Crippen molar-refractivity contribution < 1.29 is 4.79 Å². The zero-order valence-electron chi connectivity index (χ0n) is 10.6. The minimum Gasteiger partial charge on any atom is -0.326 e. The summed E-state index contributed by atoms with van der Waals surface area (Å²) in [6.07, 6.45) is 3.71. The van der Waals surface area contributed by atoms with Crippen LogP contribution in [0.15, 0.2) is 24.3 Å². The third-order valence-electron chi connectivity index (χ3n) is 3.42. The largest absolute Gasteiger partial charge is 0.326 e. The summed E-state index contributed by atoms with van der Waals surface area (Å²) in [5, 5.41) is 2.79. The van der Waals surface area contributed by atoms with Crippen molar-refractivity contribution in [2.45, 2.75) is 32.2 Å². The average Bonchev–Trinajstić information content (AvgIpc) is 2.67. The monoisotopic (exact) mass is 232 g/mol. The number of amides is 1. The summed E-state index contributed by atoms with van der Waals surface area (Å²) >= 11 is 0. The second-order valence-electron chi connectivity index (χ2n) is 4.86. The summed E-state index contributed by atoms with van der Waals surface area (Å²) in [6, 6.07) is 8.85. The van der Waals surface area contributed by atoms with Gasteiger partial charge in [-0.2, -0.15) is 0 Å². The number of anilines is 1. The van der Waals surface area contributed by atoms with Crippen LogP contribution in [0, 0.1) is 0 Å². The molecule has 0 spiro atoms. The zero-order valence-corrected chi connectivity index (χ0v) is 10.6.